The summed E-state index contributed by atoms with van der Waals surface area (Å²) >= 11 is 0. The number of carbonyl (C=O) groups excluding carboxylic acids is 3. The minimum absolute atomic E-state index is 0. The maximum absolute atomic E-state index is 12.9. The number of unbranched alkanes of at least 4 members (excludes halogenated alkanes) is 23. The summed E-state index contributed by atoms with van der Waals surface area (Å²) in [4.78, 5) is 50.7. The summed E-state index contributed by atoms with van der Waals surface area (Å²) < 4.78 is 68.4. The van der Waals surface area contributed by atoms with Gasteiger partial charge < -0.3 is 51.8 Å². The zero-order chi connectivity index (χ0) is 57.1. The number of benzene rings is 1. The molecule has 1 aromatic carbocycles. The van der Waals surface area contributed by atoms with Crippen molar-refractivity contribution in [3.8, 4) is 5.75 Å². The molecule has 0 bridgehead atoms. The second-order valence-electron chi connectivity index (χ2n) is 20.9. The molecule has 80 heavy (non-hydrogen) atoms. The summed E-state index contributed by atoms with van der Waals surface area (Å²) in [5.41, 5.74) is 0.893. The third-order valence-corrected chi connectivity index (χ3v) is 14.6. The van der Waals surface area contributed by atoms with Gasteiger partial charge in [-0.1, -0.05) is 153 Å². The fourth-order valence-electron chi connectivity index (χ4n) is 8.95. The van der Waals surface area contributed by atoms with Gasteiger partial charge in [0.2, 0.25) is 0 Å². The van der Waals surface area contributed by atoms with Crippen molar-refractivity contribution >= 4 is 25.7 Å². The fraction of sp³-hybridized carbons (Fsp3) is 0.794. The van der Waals surface area contributed by atoms with E-state index < -0.39 is 44.7 Å². The van der Waals surface area contributed by atoms with Crippen molar-refractivity contribution in [3.05, 3.63) is 54.1 Å². The molecular weight excluding hydrogens is 1050 g/mol. The Morgan fingerprint density at radius 1 is 0.562 bits per heavy atom. The first kappa shape index (κ1) is 75.9. The number of hydrogen-bond donors (Lipinski definition) is 0. The Morgan fingerprint density at radius 3 is 1.65 bits per heavy atom. The average Bonchev–Trinajstić information content (AvgIpc) is 3.93. The minimum atomic E-state index is -4.86. The molecule has 15 nitrogen and oxygen atoms in total. The number of ether oxygens (including phenoxy) is 8. The van der Waals surface area contributed by atoms with Crippen molar-refractivity contribution in [2.24, 2.45) is 0 Å². The number of allylic oxidation sites excluding steroid dienone is 4. The second kappa shape index (κ2) is 53.6. The summed E-state index contributed by atoms with van der Waals surface area (Å²) in [5.74, 6) is -0.708. The van der Waals surface area contributed by atoms with E-state index in [4.69, 9.17) is 46.9 Å². The normalized spacial score (nSPS) is 15.9. The monoisotopic (exact) mass is 1160 g/mol. The Balaban J connectivity index is 0.0000320. The fourth-order valence-corrected chi connectivity index (χ4v) is 9.73. The van der Waals surface area contributed by atoms with Gasteiger partial charge in [0.15, 0.2) is 12.4 Å². The predicted molar refractivity (Wildman–Crippen MR) is 311 cm³/mol. The van der Waals surface area contributed by atoms with Gasteiger partial charge in [-0.05, 0) is 116 Å². The van der Waals surface area contributed by atoms with Crippen molar-refractivity contribution in [1.29, 1.82) is 0 Å². The van der Waals surface area contributed by atoms with E-state index >= 15 is 0 Å². The second-order valence-corrected chi connectivity index (χ2v) is 22.3. The molecule has 0 aliphatic carbocycles. The maximum atomic E-state index is 12.9. The number of carbonyl (C=O) groups is 3. The number of phosphoric acid groups is 1. The van der Waals surface area contributed by atoms with Gasteiger partial charge in [0.25, 0.3) is 7.82 Å². The average molecular weight is 1160 g/mol. The van der Waals surface area contributed by atoms with Crippen LogP contribution in [0.1, 0.15) is 251 Å². The third kappa shape index (κ3) is 44.4. The molecule has 0 radical (unpaired) electrons. The van der Waals surface area contributed by atoms with E-state index in [-0.39, 0.29) is 87.3 Å². The van der Waals surface area contributed by atoms with Crippen LogP contribution in [0.2, 0.25) is 0 Å². The predicted octanol–water partition coefficient (Wildman–Crippen LogP) is 12.5. The Hall–Kier alpha value is -2.14. The number of hydrogen-bond acceptors (Lipinski definition) is 15. The number of esters is 3. The van der Waals surface area contributed by atoms with Gasteiger partial charge in [0.05, 0.1) is 39.1 Å². The molecule has 0 amide bonds. The van der Waals surface area contributed by atoms with Gasteiger partial charge in [-0.15, -0.1) is 0 Å². The topological polar surface area (TPSA) is 184 Å². The quantitative estimate of drug-likeness (QED) is 0.0150. The molecule has 1 aromatic rings. The van der Waals surface area contributed by atoms with E-state index in [2.05, 4.69) is 38.2 Å². The molecular formula is C63H108NaO15P. The first-order chi connectivity index (χ1) is 38.6. The minimum Gasteiger partial charge on any atom is -0.756 e. The van der Waals surface area contributed by atoms with Crippen LogP contribution in [0.4, 0.5) is 0 Å². The Bertz CT molecular complexity index is 1730. The molecule has 456 valence electrons. The van der Waals surface area contributed by atoms with Crippen LogP contribution in [0, 0.1) is 0 Å². The largest absolute Gasteiger partial charge is 1.00 e. The van der Waals surface area contributed by atoms with Crippen LogP contribution in [0.3, 0.4) is 0 Å². The van der Waals surface area contributed by atoms with E-state index in [1.54, 1.807) is 0 Å². The number of rotatable bonds is 55. The molecule has 1 heterocycles. The Labute approximate surface area is 506 Å². The summed E-state index contributed by atoms with van der Waals surface area (Å²) in [7, 11) is -4.86. The van der Waals surface area contributed by atoms with Crippen LogP contribution >= 0.6 is 7.82 Å². The van der Waals surface area contributed by atoms with Crippen molar-refractivity contribution in [3.63, 3.8) is 0 Å². The van der Waals surface area contributed by atoms with Gasteiger partial charge in [0.1, 0.15) is 25.1 Å². The van der Waals surface area contributed by atoms with Crippen LogP contribution in [0.15, 0.2) is 48.6 Å². The summed E-state index contributed by atoms with van der Waals surface area (Å²) in [5, 5.41) is 0. The first-order valence-corrected chi connectivity index (χ1v) is 32.6. The van der Waals surface area contributed by atoms with Gasteiger partial charge >= 0.3 is 47.5 Å². The smallest absolute Gasteiger partial charge is 0.756 e. The van der Waals surface area contributed by atoms with Crippen LogP contribution in [0.25, 0.3) is 0 Å². The molecule has 5 unspecified atom stereocenters. The molecule has 1 fully saturated rings. The van der Waals surface area contributed by atoms with Crippen LogP contribution < -0.4 is 39.2 Å². The molecule has 0 aromatic heterocycles. The maximum Gasteiger partial charge on any atom is 1.00 e. The van der Waals surface area contributed by atoms with Gasteiger partial charge in [-0.25, -0.2) is 0 Å². The molecule has 1 aliphatic rings. The summed E-state index contributed by atoms with van der Waals surface area (Å²) in [6, 6.07) is 7.61. The van der Waals surface area contributed by atoms with E-state index in [1.807, 2.05) is 38.1 Å². The van der Waals surface area contributed by atoms with E-state index in [0.717, 1.165) is 101 Å². The van der Waals surface area contributed by atoms with E-state index in [9.17, 15) is 23.8 Å². The number of phosphoric ester groups is 1. The molecule has 5 atom stereocenters. The molecule has 0 saturated carbocycles. The molecule has 1 aliphatic heterocycles. The van der Waals surface area contributed by atoms with Crippen molar-refractivity contribution in [2.75, 3.05) is 59.5 Å². The zero-order valence-electron chi connectivity index (χ0n) is 50.7. The van der Waals surface area contributed by atoms with Gasteiger partial charge in [-0.2, -0.15) is 0 Å². The van der Waals surface area contributed by atoms with Crippen molar-refractivity contribution in [2.45, 2.75) is 264 Å². The Morgan fingerprint density at radius 2 is 1.09 bits per heavy atom. The SMILES string of the molecule is CCCCCCCC/C=C\CCCCCCCC(=O)OC(COC(=O)CCCCCCC/C=C/CCCCCCCC)COP(=O)([O-])OCCCC(=O)OCCCCC1COC(c2ccc(OCC(COCC)OCC)cc2)O1.[Na+]. The van der Waals surface area contributed by atoms with Crippen LogP contribution in [-0.4, -0.2) is 95.7 Å². The standard InChI is InChI=1S/C63H109O15P.Na/c1-5-9-11-13-15-17-19-21-23-25-27-29-31-33-35-41-61(65)73-53-59(77-62(66)42-36-34-32-30-28-26-24-22-20-18-16-14-12-10-6-2)54-76-79(67,68)75-49-39-43-60(64)71-48-38-37-40-57-51-74-63(78-57)55-44-46-56(47-45-55)72-52-58(70-8-4)50-69-7-3;/h21-24,44-47,57-59,63H,5-20,25-43,48-54H2,1-4H3,(H,67,68);/q;+1/p-1/b23-21+,24-22-;. The third-order valence-electron chi connectivity index (χ3n) is 13.6. The van der Waals surface area contributed by atoms with Crippen LogP contribution in [0.5, 0.6) is 5.75 Å². The van der Waals surface area contributed by atoms with E-state index in [0.29, 0.717) is 52.3 Å². The van der Waals surface area contributed by atoms with Gasteiger partial charge in [0, 0.05) is 38.0 Å². The zero-order valence-corrected chi connectivity index (χ0v) is 53.6. The molecule has 2 rings (SSSR count). The summed E-state index contributed by atoms with van der Waals surface area (Å²) in [6.07, 6.45) is 39.6. The Kier molecular flexibility index (Phi) is 50.8. The van der Waals surface area contributed by atoms with Crippen molar-refractivity contribution < 1.29 is 100 Å². The summed E-state index contributed by atoms with van der Waals surface area (Å²) in [6.45, 7) is 9.89. The first-order valence-electron chi connectivity index (χ1n) is 31.2. The van der Waals surface area contributed by atoms with Crippen molar-refractivity contribution in [1.82, 2.24) is 0 Å². The molecule has 0 spiro atoms. The molecule has 1 saturated heterocycles. The van der Waals surface area contributed by atoms with Crippen LogP contribution in [-0.2, 0) is 61.2 Å². The van der Waals surface area contributed by atoms with E-state index in [1.165, 1.54) is 77.0 Å². The molecule has 17 heteroatoms. The van der Waals surface area contributed by atoms with Gasteiger partial charge in [-0.3, -0.25) is 18.9 Å². The molecule has 0 N–H and O–H groups in total.